The van der Waals surface area contributed by atoms with Gasteiger partial charge < -0.3 is 9.80 Å². The maximum atomic E-state index is 13.3. The monoisotopic (exact) mass is 424 g/mol. The first kappa shape index (κ1) is 20.9. The van der Waals surface area contributed by atoms with Crippen molar-refractivity contribution in [2.45, 2.75) is 58.5 Å². The van der Waals surface area contributed by atoms with Crippen molar-refractivity contribution in [3.8, 4) is 0 Å². The maximum absolute atomic E-state index is 13.3. The van der Waals surface area contributed by atoms with E-state index in [1.54, 1.807) is 6.92 Å². The van der Waals surface area contributed by atoms with Crippen molar-refractivity contribution < 1.29 is 18.0 Å². The molecule has 0 unspecified atom stereocenters. The van der Waals surface area contributed by atoms with E-state index in [1.807, 2.05) is 16.7 Å². The van der Waals surface area contributed by atoms with Crippen LogP contribution in [0.1, 0.15) is 55.5 Å². The first-order valence-electron chi connectivity index (χ1n) is 10.6. The lowest BCUT2D eigenvalue weighted by Gasteiger charge is -2.36. The average Bonchev–Trinajstić information content (AvgIpc) is 3.38. The number of rotatable bonds is 4. The van der Waals surface area contributed by atoms with Crippen LogP contribution in [0.4, 0.5) is 19.0 Å². The van der Waals surface area contributed by atoms with Gasteiger partial charge in [0.2, 0.25) is 5.91 Å². The van der Waals surface area contributed by atoms with Crippen molar-refractivity contribution >= 4 is 17.4 Å². The number of aryl methyl sites for hydroxylation is 1. The van der Waals surface area contributed by atoms with Crippen molar-refractivity contribution in [3.05, 3.63) is 17.0 Å². The molecule has 0 radical (unpaired) electrons. The van der Waals surface area contributed by atoms with Crippen LogP contribution in [0, 0.1) is 19.8 Å². The molecule has 4 rings (SSSR count). The van der Waals surface area contributed by atoms with Crippen molar-refractivity contribution in [2.24, 2.45) is 5.92 Å². The molecule has 2 fully saturated rings. The number of hydrogen-bond donors (Lipinski definition) is 0. The Kier molecular flexibility index (Phi) is 5.59. The first-order chi connectivity index (χ1) is 14.3. The fourth-order valence-corrected chi connectivity index (χ4v) is 4.54. The second kappa shape index (κ2) is 8.03. The number of piperazine rings is 1. The van der Waals surface area contributed by atoms with Gasteiger partial charge in [-0.15, -0.1) is 15.3 Å². The zero-order valence-corrected chi connectivity index (χ0v) is 17.4. The van der Waals surface area contributed by atoms with Crippen LogP contribution in [-0.2, 0) is 11.0 Å². The minimum Gasteiger partial charge on any atom is -0.351 e. The van der Waals surface area contributed by atoms with E-state index in [4.69, 9.17) is 0 Å². The Morgan fingerprint density at radius 1 is 1.03 bits per heavy atom. The molecular weight excluding hydrogens is 397 g/mol. The molecule has 7 nitrogen and oxygen atoms in total. The molecule has 10 heteroatoms. The zero-order valence-electron chi connectivity index (χ0n) is 17.4. The molecule has 2 aromatic rings. The van der Waals surface area contributed by atoms with E-state index in [9.17, 15) is 18.0 Å². The van der Waals surface area contributed by atoms with Crippen LogP contribution in [0.25, 0.3) is 5.65 Å². The van der Waals surface area contributed by atoms with Gasteiger partial charge in [0.15, 0.2) is 11.5 Å². The Bertz CT molecular complexity index is 927. The van der Waals surface area contributed by atoms with Crippen LogP contribution in [0.15, 0.2) is 0 Å². The summed E-state index contributed by atoms with van der Waals surface area (Å²) in [6.45, 7) is 5.74. The van der Waals surface area contributed by atoms with Crippen LogP contribution in [0.3, 0.4) is 0 Å². The van der Waals surface area contributed by atoms with Gasteiger partial charge in [-0.25, -0.2) is 0 Å². The zero-order chi connectivity index (χ0) is 21.5. The van der Waals surface area contributed by atoms with Crippen LogP contribution in [0.5, 0.6) is 0 Å². The summed E-state index contributed by atoms with van der Waals surface area (Å²) in [6.07, 6.45) is 1.93. The lowest BCUT2D eigenvalue weighted by Crippen LogP contribution is -2.49. The molecule has 0 aromatic carbocycles. The Hall–Kier alpha value is -2.39. The Balaban J connectivity index is 1.46. The molecule has 0 N–H and O–H groups in total. The molecule has 0 bridgehead atoms. The van der Waals surface area contributed by atoms with Crippen LogP contribution >= 0.6 is 0 Å². The lowest BCUT2D eigenvalue weighted by atomic mass is 10.0. The molecule has 1 saturated carbocycles. The fourth-order valence-electron chi connectivity index (χ4n) is 4.54. The number of carbonyl (C=O) groups excluding carboxylic acids is 1. The van der Waals surface area contributed by atoms with Gasteiger partial charge in [0.1, 0.15) is 0 Å². The minimum absolute atomic E-state index is 0.115. The van der Waals surface area contributed by atoms with Gasteiger partial charge in [-0.2, -0.15) is 17.7 Å². The van der Waals surface area contributed by atoms with Crippen LogP contribution in [0.2, 0.25) is 0 Å². The number of amides is 1. The third-order valence-corrected chi connectivity index (χ3v) is 6.50. The Morgan fingerprint density at radius 2 is 1.70 bits per heavy atom. The van der Waals surface area contributed by atoms with Gasteiger partial charge in [-0.05, 0) is 26.2 Å². The number of hydrogen-bond acceptors (Lipinski definition) is 5. The SMILES string of the molecule is Cc1c(N2CCN(C(=O)CCC3CCCC3)CC2)nn2c(C(F)(F)F)nnc2c1C. The van der Waals surface area contributed by atoms with E-state index in [1.165, 1.54) is 25.7 Å². The molecule has 1 amide bonds. The number of carbonyl (C=O) groups is 1. The second-order valence-electron chi connectivity index (χ2n) is 8.39. The molecule has 30 heavy (non-hydrogen) atoms. The fraction of sp³-hybridized carbons (Fsp3) is 0.700. The highest BCUT2D eigenvalue weighted by molar-refractivity contribution is 5.76. The van der Waals surface area contributed by atoms with E-state index in [0.717, 1.165) is 16.5 Å². The standard InChI is InChI=1S/C20H27F3N6O/c1-13-14(2)18(26-29-17(13)24-25-19(29)20(21,22)23)28-11-9-27(10-12-28)16(30)8-7-15-5-3-4-6-15/h15H,3-12H2,1-2H3. The molecule has 2 aliphatic rings. The second-order valence-corrected chi connectivity index (χ2v) is 8.39. The van der Waals surface area contributed by atoms with Gasteiger partial charge in [0.25, 0.3) is 5.82 Å². The number of fused-ring (bicyclic) bond motifs is 1. The van der Waals surface area contributed by atoms with Gasteiger partial charge in [-0.1, -0.05) is 25.7 Å². The molecular formula is C20H27F3N6O. The van der Waals surface area contributed by atoms with Gasteiger partial charge in [-0.3, -0.25) is 4.79 Å². The number of halogens is 3. The smallest absolute Gasteiger partial charge is 0.351 e. The summed E-state index contributed by atoms with van der Waals surface area (Å²) in [4.78, 5) is 16.4. The summed E-state index contributed by atoms with van der Waals surface area (Å²) in [5.41, 5.74) is 1.52. The number of nitrogens with zero attached hydrogens (tertiary/aromatic N) is 6. The molecule has 0 spiro atoms. The van der Waals surface area contributed by atoms with Gasteiger partial charge in [0.05, 0.1) is 0 Å². The summed E-state index contributed by atoms with van der Waals surface area (Å²) in [5, 5.41) is 11.2. The van der Waals surface area contributed by atoms with Crippen molar-refractivity contribution in [3.63, 3.8) is 0 Å². The van der Waals surface area contributed by atoms with Gasteiger partial charge in [0, 0.05) is 43.7 Å². The van der Waals surface area contributed by atoms with Crippen LogP contribution < -0.4 is 4.90 Å². The minimum atomic E-state index is -4.63. The summed E-state index contributed by atoms with van der Waals surface area (Å²) in [7, 11) is 0. The van der Waals surface area contributed by atoms with E-state index in [-0.39, 0.29) is 11.6 Å². The van der Waals surface area contributed by atoms with Crippen molar-refractivity contribution in [2.75, 3.05) is 31.1 Å². The highest BCUT2D eigenvalue weighted by atomic mass is 19.4. The summed E-state index contributed by atoms with van der Waals surface area (Å²) >= 11 is 0. The molecule has 1 aliphatic heterocycles. The molecule has 1 aliphatic carbocycles. The van der Waals surface area contributed by atoms with Crippen LogP contribution in [-0.4, -0.2) is 56.8 Å². The molecule has 0 atom stereocenters. The number of alkyl halides is 3. The predicted molar refractivity (Wildman–Crippen MR) is 105 cm³/mol. The maximum Gasteiger partial charge on any atom is 0.453 e. The summed E-state index contributed by atoms with van der Waals surface area (Å²) < 4.78 is 40.6. The number of anilines is 1. The van der Waals surface area contributed by atoms with Crippen molar-refractivity contribution in [1.82, 2.24) is 24.7 Å². The van der Waals surface area contributed by atoms with E-state index >= 15 is 0 Å². The largest absolute Gasteiger partial charge is 0.453 e. The highest BCUT2D eigenvalue weighted by Gasteiger charge is 2.38. The lowest BCUT2D eigenvalue weighted by molar-refractivity contribution is -0.146. The molecule has 3 heterocycles. The van der Waals surface area contributed by atoms with Gasteiger partial charge >= 0.3 is 6.18 Å². The quantitative estimate of drug-likeness (QED) is 0.753. The summed E-state index contributed by atoms with van der Waals surface area (Å²) in [6, 6.07) is 0. The molecule has 164 valence electrons. The average molecular weight is 424 g/mol. The van der Waals surface area contributed by atoms with E-state index in [0.29, 0.717) is 49.9 Å². The third-order valence-electron chi connectivity index (χ3n) is 6.50. The Labute approximate surface area is 173 Å². The topological polar surface area (TPSA) is 66.6 Å². The predicted octanol–water partition coefficient (Wildman–Crippen LogP) is 3.38. The molecule has 2 aromatic heterocycles. The first-order valence-corrected chi connectivity index (χ1v) is 10.6. The Morgan fingerprint density at radius 3 is 2.33 bits per heavy atom. The highest BCUT2D eigenvalue weighted by Crippen LogP contribution is 2.31. The van der Waals surface area contributed by atoms with Crippen molar-refractivity contribution in [1.29, 1.82) is 0 Å². The normalized spacial score (nSPS) is 18.6. The molecule has 1 saturated heterocycles. The van der Waals surface area contributed by atoms with E-state index < -0.39 is 12.0 Å². The third kappa shape index (κ3) is 3.96. The van der Waals surface area contributed by atoms with E-state index in [2.05, 4.69) is 15.3 Å². The number of aromatic nitrogens is 4. The summed E-state index contributed by atoms with van der Waals surface area (Å²) in [5.74, 6) is 0.227.